The van der Waals surface area contributed by atoms with Crippen LogP contribution in [0.1, 0.15) is 11.3 Å². The molecule has 0 fully saturated rings. The molecule has 114 valence electrons. The minimum atomic E-state index is -0.705. The van der Waals surface area contributed by atoms with Gasteiger partial charge >= 0.3 is 0 Å². The van der Waals surface area contributed by atoms with Crippen LogP contribution in [0.2, 0.25) is 4.34 Å². The Morgan fingerprint density at radius 2 is 2.09 bits per heavy atom. The summed E-state index contributed by atoms with van der Waals surface area (Å²) in [5.41, 5.74) is 6.46. The van der Waals surface area contributed by atoms with Crippen LogP contribution in [0.5, 0.6) is 0 Å². The molecule has 0 spiro atoms. The molecule has 0 aliphatic carbocycles. The first-order valence-electron chi connectivity index (χ1n) is 6.41. The minimum absolute atomic E-state index is 0.344. The Bertz CT molecular complexity index is 717. The lowest BCUT2D eigenvalue weighted by Crippen LogP contribution is -2.38. The Hall–Kier alpha value is -2.12. The zero-order valence-electron chi connectivity index (χ0n) is 11.2. The summed E-state index contributed by atoms with van der Waals surface area (Å²) in [5, 5.41) is 3.92. The highest BCUT2D eigenvalue weighted by atomic mass is 35.5. The van der Waals surface area contributed by atoms with E-state index in [1.165, 1.54) is 35.6 Å². The fraction of sp³-hybridized carbons (Fsp3) is 0.143. The lowest BCUT2D eigenvalue weighted by atomic mass is 10.1. The predicted molar refractivity (Wildman–Crippen MR) is 83.5 cm³/mol. The number of oxime groups is 1. The fourth-order valence-corrected chi connectivity index (χ4v) is 2.91. The van der Waals surface area contributed by atoms with E-state index in [1.54, 1.807) is 6.07 Å². The first kappa shape index (κ1) is 14.8. The molecule has 0 saturated heterocycles. The molecule has 1 aliphatic heterocycles. The summed E-state index contributed by atoms with van der Waals surface area (Å²) in [6.45, 7) is 0. The number of nitrogens with zero attached hydrogens (tertiary/aromatic N) is 1. The van der Waals surface area contributed by atoms with Crippen molar-refractivity contribution in [1.82, 2.24) is 5.43 Å². The third kappa shape index (κ3) is 3.37. The van der Waals surface area contributed by atoms with Crippen molar-refractivity contribution in [2.75, 3.05) is 5.43 Å². The van der Waals surface area contributed by atoms with Crippen LogP contribution in [0, 0.1) is 5.82 Å². The number of carbonyl (C=O) groups is 1. The number of carbonyl (C=O) groups excluding carboxylic acids is 1. The first-order valence-corrected chi connectivity index (χ1v) is 7.61. The number of hydrazine groups is 1. The van der Waals surface area contributed by atoms with Crippen molar-refractivity contribution in [3.63, 3.8) is 0 Å². The largest absolute Gasteiger partial charge is 0.382 e. The maximum Gasteiger partial charge on any atom is 0.282 e. The van der Waals surface area contributed by atoms with Gasteiger partial charge in [0.25, 0.3) is 5.91 Å². The highest BCUT2D eigenvalue weighted by Gasteiger charge is 2.29. The average Bonchev–Trinajstić information content (AvgIpc) is 3.15. The van der Waals surface area contributed by atoms with Crippen molar-refractivity contribution in [3.8, 4) is 0 Å². The second-order valence-electron chi connectivity index (χ2n) is 4.56. The smallest absolute Gasteiger partial charge is 0.282 e. The zero-order valence-corrected chi connectivity index (χ0v) is 12.7. The third-order valence-corrected chi connectivity index (χ3v) is 4.27. The van der Waals surface area contributed by atoms with Crippen molar-refractivity contribution in [2.45, 2.75) is 12.5 Å². The molecule has 2 aromatic rings. The van der Waals surface area contributed by atoms with Gasteiger partial charge in [0.1, 0.15) is 11.5 Å². The van der Waals surface area contributed by atoms with Crippen molar-refractivity contribution in [2.24, 2.45) is 5.16 Å². The van der Waals surface area contributed by atoms with E-state index in [0.717, 1.165) is 4.88 Å². The van der Waals surface area contributed by atoms with E-state index in [0.29, 0.717) is 22.2 Å². The van der Waals surface area contributed by atoms with E-state index in [2.05, 4.69) is 16.0 Å². The van der Waals surface area contributed by atoms with Gasteiger partial charge in [-0.2, -0.15) is 0 Å². The Morgan fingerprint density at radius 3 is 2.77 bits per heavy atom. The molecule has 0 radical (unpaired) electrons. The maximum absolute atomic E-state index is 12.8. The first-order chi connectivity index (χ1) is 10.6. The number of halogens is 2. The maximum atomic E-state index is 12.8. The van der Waals surface area contributed by atoms with Gasteiger partial charge in [0.05, 0.1) is 14.9 Å². The quantitative estimate of drug-likeness (QED) is 0.841. The van der Waals surface area contributed by atoms with Gasteiger partial charge in [0, 0.05) is 6.42 Å². The summed E-state index contributed by atoms with van der Waals surface area (Å²) in [7, 11) is 0. The number of hydrogen-bond acceptors (Lipinski definition) is 5. The summed E-state index contributed by atoms with van der Waals surface area (Å²) in [6.07, 6.45) is -0.336. The van der Waals surface area contributed by atoms with E-state index >= 15 is 0 Å². The van der Waals surface area contributed by atoms with Gasteiger partial charge < -0.3 is 4.84 Å². The number of hydrogen-bond donors (Lipinski definition) is 2. The molecule has 5 nitrogen and oxygen atoms in total. The molecule has 2 N–H and O–H groups in total. The zero-order chi connectivity index (χ0) is 15.5. The van der Waals surface area contributed by atoms with Crippen molar-refractivity contribution < 1.29 is 14.0 Å². The molecule has 1 unspecified atom stereocenters. The number of thiophene rings is 1. The van der Waals surface area contributed by atoms with E-state index in [1.807, 2.05) is 6.07 Å². The van der Waals surface area contributed by atoms with E-state index in [9.17, 15) is 9.18 Å². The molecule has 1 aromatic carbocycles. The van der Waals surface area contributed by atoms with Crippen molar-refractivity contribution >= 4 is 40.2 Å². The van der Waals surface area contributed by atoms with E-state index < -0.39 is 6.10 Å². The number of rotatable bonds is 4. The summed E-state index contributed by atoms with van der Waals surface area (Å²) in [6, 6.07) is 9.23. The number of nitrogens with one attached hydrogen (secondary N) is 2. The molecule has 1 atom stereocenters. The van der Waals surface area contributed by atoms with Gasteiger partial charge in [-0.1, -0.05) is 16.8 Å². The van der Waals surface area contributed by atoms with Crippen molar-refractivity contribution in [3.05, 3.63) is 51.4 Å². The minimum Gasteiger partial charge on any atom is -0.382 e. The molecule has 3 rings (SSSR count). The monoisotopic (exact) mass is 339 g/mol. The summed E-state index contributed by atoms with van der Waals surface area (Å²) in [5.74, 6) is -0.700. The van der Waals surface area contributed by atoms with Crippen LogP contribution in [0.15, 0.2) is 41.6 Å². The van der Waals surface area contributed by atoms with Gasteiger partial charge in [0.2, 0.25) is 6.10 Å². The van der Waals surface area contributed by atoms with Gasteiger partial charge in [-0.25, -0.2) is 4.39 Å². The normalized spacial score (nSPS) is 16.8. The van der Waals surface area contributed by atoms with Gasteiger partial charge in [-0.15, -0.1) is 11.3 Å². The number of amides is 1. The number of benzene rings is 1. The van der Waals surface area contributed by atoms with E-state index in [-0.39, 0.29) is 11.7 Å². The summed E-state index contributed by atoms with van der Waals surface area (Å²) >= 11 is 7.26. The molecule has 1 aromatic heterocycles. The number of anilines is 1. The highest BCUT2D eigenvalue weighted by Crippen LogP contribution is 2.26. The molecular formula is C14H11ClFN3O2S. The topological polar surface area (TPSA) is 62.7 Å². The van der Waals surface area contributed by atoms with E-state index in [4.69, 9.17) is 16.4 Å². The fourth-order valence-electron chi connectivity index (χ4n) is 1.88. The van der Waals surface area contributed by atoms with Crippen LogP contribution in [0.25, 0.3) is 0 Å². The van der Waals surface area contributed by atoms with Crippen LogP contribution in [-0.4, -0.2) is 17.7 Å². The second-order valence-corrected chi connectivity index (χ2v) is 6.28. The molecule has 2 heterocycles. The molecule has 8 heteroatoms. The average molecular weight is 340 g/mol. The summed E-state index contributed by atoms with van der Waals surface area (Å²) in [4.78, 5) is 18.0. The Kier molecular flexibility index (Phi) is 4.26. The molecule has 1 aliphatic rings. The Morgan fingerprint density at radius 1 is 1.32 bits per heavy atom. The van der Waals surface area contributed by atoms with Crippen LogP contribution >= 0.6 is 22.9 Å². The van der Waals surface area contributed by atoms with Crippen LogP contribution in [0.3, 0.4) is 0 Å². The molecule has 22 heavy (non-hydrogen) atoms. The van der Waals surface area contributed by atoms with Gasteiger partial charge in [-0.3, -0.25) is 15.6 Å². The Labute approximate surface area is 134 Å². The lowest BCUT2D eigenvalue weighted by molar-refractivity contribution is -0.130. The summed E-state index contributed by atoms with van der Waals surface area (Å²) < 4.78 is 13.4. The predicted octanol–water partition coefficient (Wildman–Crippen LogP) is 3.18. The van der Waals surface area contributed by atoms with Gasteiger partial charge in [-0.05, 0) is 36.4 Å². The molecular weight excluding hydrogens is 329 g/mol. The lowest BCUT2D eigenvalue weighted by Gasteiger charge is -2.11. The van der Waals surface area contributed by atoms with Crippen LogP contribution in [0.4, 0.5) is 10.1 Å². The highest BCUT2D eigenvalue weighted by molar-refractivity contribution is 7.18. The molecule has 1 amide bonds. The second kappa shape index (κ2) is 6.33. The Balaban J connectivity index is 1.53. The standard InChI is InChI=1S/C14H11ClFN3O2S/c15-13-6-5-12(22-13)10-7-11(21-19-10)14(20)18-17-9-3-1-8(16)2-4-9/h1-6,11,17H,7H2,(H,18,20). The third-order valence-electron chi connectivity index (χ3n) is 2.99. The van der Waals surface area contributed by atoms with Gasteiger partial charge in [0.15, 0.2) is 0 Å². The SMILES string of the molecule is O=C(NNc1ccc(F)cc1)C1CC(c2ccc(Cl)s2)=NO1. The molecule has 0 saturated carbocycles. The van der Waals surface area contributed by atoms with Crippen LogP contribution in [-0.2, 0) is 9.63 Å². The van der Waals surface area contributed by atoms with Crippen molar-refractivity contribution in [1.29, 1.82) is 0 Å². The molecule has 0 bridgehead atoms. The van der Waals surface area contributed by atoms with Crippen LogP contribution < -0.4 is 10.9 Å².